The van der Waals surface area contributed by atoms with Crippen LogP contribution in [0.15, 0.2) is 54.7 Å². The fraction of sp³-hybridized carbons (Fsp3) is 0.0526. The zero-order valence-electron chi connectivity index (χ0n) is 13.7. The predicted octanol–water partition coefficient (Wildman–Crippen LogP) is 4.80. The highest BCUT2D eigenvalue weighted by molar-refractivity contribution is 6.03. The van der Waals surface area contributed by atoms with Gasteiger partial charge >= 0.3 is 0 Å². The first kappa shape index (κ1) is 17.5. The molecule has 1 amide bonds. The molecule has 1 heterocycles. The molecule has 1 aromatic heterocycles. The summed E-state index contributed by atoms with van der Waals surface area (Å²) >= 11 is 0. The van der Waals surface area contributed by atoms with E-state index < -0.39 is 23.4 Å². The van der Waals surface area contributed by atoms with E-state index in [-0.39, 0.29) is 11.4 Å². The van der Waals surface area contributed by atoms with E-state index in [4.69, 9.17) is 0 Å². The molecule has 26 heavy (non-hydrogen) atoms. The van der Waals surface area contributed by atoms with Crippen molar-refractivity contribution in [3.63, 3.8) is 0 Å². The molecular weight excluding hydrogens is 343 g/mol. The highest BCUT2D eigenvalue weighted by Gasteiger charge is 2.14. The average molecular weight is 357 g/mol. The van der Waals surface area contributed by atoms with Gasteiger partial charge in [-0.2, -0.15) is 0 Å². The van der Waals surface area contributed by atoms with Crippen LogP contribution < -0.4 is 10.6 Å². The van der Waals surface area contributed by atoms with Crippen molar-refractivity contribution >= 4 is 23.0 Å². The summed E-state index contributed by atoms with van der Waals surface area (Å²) in [6, 6.07) is 12.1. The van der Waals surface area contributed by atoms with Gasteiger partial charge in [-0.05, 0) is 42.8 Å². The maximum Gasteiger partial charge on any atom is 0.274 e. The number of hydrogen-bond acceptors (Lipinski definition) is 3. The first-order valence-corrected chi connectivity index (χ1v) is 7.69. The Kier molecular flexibility index (Phi) is 4.88. The quantitative estimate of drug-likeness (QED) is 0.659. The Morgan fingerprint density at radius 2 is 1.69 bits per heavy atom. The summed E-state index contributed by atoms with van der Waals surface area (Å²) in [5, 5.41) is 5.33. The molecule has 0 fully saturated rings. The molecule has 3 rings (SSSR count). The van der Waals surface area contributed by atoms with Crippen molar-refractivity contribution in [1.82, 2.24) is 4.98 Å². The number of hydrogen-bond donors (Lipinski definition) is 2. The van der Waals surface area contributed by atoms with Gasteiger partial charge in [0.2, 0.25) is 0 Å². The number of carbonyl (C=O) groups is 1. The van der Waals surface area contributed by atoms with Gasteiger partial charge in [-0.25, -0.2) is 18.2 Å². The minimum absolute atomic E-state index is 0.157. The second kappa shape index (κ2) is 7.26. The lowest BCUT2D eigenvalue weighted by Crippen LogP contribution is -2.14. The second-order valence-electron chi connectivity index (χ2n) is 5.55. The van der Waals surface area contributed by atoms with Crippen LogP contribution in [-0.2, 0) is 0 Å². The minimum atomic E-state index is -1.56. The van der Waals surface area contributed by atoms with Gasteiger partial charge in [0.1, 0.15) is 5.69 Å². The highest BCUT2D eigenvalue weighted by atomic mass is 19.2. The van der Waals surface area contributed by atoms with Gasteiger partial charge in [0, 0.05) is 5.69 Å². The summed E-state index contributed by atoms with van der Waals surface area (Å²) in [6.45, 7) is 1.87. The molecule has 0 aliphatic carbocycles. The fourth-order valence-electron chi connectivity index (χ4n) is 2.28. The molecule has 2 N–H and O–H groups in total. The number of carbonyl (C=O) groups excluding carboxylic acids is 1. The predicted molar refractivity (Wildman–Crippen MR) is 93.0 cm³/mol. The van der Waals surface area contributed by atoms with Gasteiger partial charge < -0.3 is 10.6 Å². The molecule has 4 nitrogen and oxygen atoms in total. The maximum absolute atomic E-state index is 13.7. The fourth-order valence-corrected chi connectivity index (χ4v) is 2.28. The maximum atomic E-state index is 13.7. The largest absolute Gasteiger partial charge is 0.352 e. The molecule has 3 aromatic rings. The molecular formula is C19H14F3N3O. The van der Waals surface area contributed by atoms with Gasteiger partial charge in [0.25, 0.3) is 5.91 Å². The normalized spacial score (nSPS) is 10.5. The third-order valence-electron chi connectivity index (χ3n) is 3.70. The van der Waals surface area contributed by atoms with Crippen LogP contribution in [0.2, 0.25) is 0 Å². The molecule has 7 heteroatoms. The van der Waals surface area contributed by atoms with Crippen LogP contribution in [0.25, 0.3) is 0 Å². The number of halogens is 3. The van der Waals surface area contributed by atoms with Crippen LogP contribution in [0.4, 0.5) is 30.2 Å². The Hall–Kier alpha value is -3.35. The van der Waals surface area contributed by atoms with E-state index in [1.807, 2.05) is 19.1 Å². The van der Waals surface area contributed by atoms with Crippen LogP contribution in [0.1, 0.15) is 16.1 Å². The second-order valence-corrected chi connectivity index (χ2v) is 5.55. The van der Waals surface area contributed by atoms with E-state index in [1.54, 1.807) is 12.1 Å². The van der Waals surface area contributed by atoms with Gasteiger partial charge in [-0.15, -0.1) is 0 Å². The Bertz CT molecular complexity index is 959. The summed E-state index contributed by atoms with van der Waals surface area (Å²) < 4.78 is 39.9. The Balaban J connectivity index is 1.73. The Labute approximate surface area is 147 Å². The first-order valence-electron chi connectivity index (χ1n) is 7.69. The number of nitrogens with one attached hydrogen (secondary N) is 2. The number of pyridine rings is 1. The summed E-state index contributed by atoms with van der Waals surface area (Å²) in [6.07, 6.45) is 1.30. The van der Waals surface area contributed by atoms with E-state index in [2.05, 4.69) is 15.6 Å². The van der Waals surface area contributed by atoms with Crippen LogP contribution in [0.5, 0.6) is 0 Å². The standard InChI is InChI=1S/C19H14F3N3O/c1-11-4-2-3-5-14(11)25-19(26)16-8-6-12(10-23-16)24-15-9-7-13(20)17(21)18(15)22/h2-10,24H,1H3,(H,25,26). The van der Waals surface area contributed by atoms with Gasteiger partial charge in [0.05, 0.1) is 17.6 Å². The molecule has 132 valence electrons. The number of nitrogens with zero attached hydrogens (tertiary/aromatic N) is 1. The monoisotopic (exact) mass is 357 g/mol. The zero-order valence-corrected chi connectivity index (χ0v) is 13.7. The Morgan fingerprint density at radius 1 is 0.923 bits per heavy atom. The SMILES string of the molecule is Cc1ccccc1NC(=O)c1ccc(Nc2ccc(F)c(F)c2F)cn1. The van der Waals surface area contributed by atoms with Crippen molar-refractivity contribution in [3.8, 4) is 0 Å². The molecule has 0 aliphatic heterocycles. The molecule has 0 atom stereocenters. The van der Waals surface area contributed by atoms with E-state index in [0.717, 1.165) is 17.7 Å². The van der Waals surface area contributed by atoms with Crippen LogP contribution in [0, 0.1) is 24.4 Å². The number of benzene rings is 2. The molecule has 0 spiro atoms. The third-order valence-corrected chi connectivity index (χ3v) is 3.70. The lowest BCUT2D eigenvalue weighted by Gasteiger charge is -2.10. The topological polar surface area (TPSA) is 54.0 Å². The van der Waals surface area contributed by atoms with Gasteiger partial charge in [-0.1, -0.05) is 18.2 Å². The number of para-hydroxylation sites is 1. The molecule has 0 unspecified atom stereocenters. The van der Waals surface area contributed by atoms with Crippen LogP contribution >= 0.6 is 0 Å². The van der Waals surface area contributed by atoms with E-state index in [1.165, 1.54) is 18.3 Å². The molecule has 0 saturated heterocycles. The van der Waals surface area contributed by atoms with Crippen molar-refractivity contribution < 1.29 is 18.0 Å². The lowest BCUT2D eigenvalue weighted by atomic mass is 10.2. The van der Waals surface area contributed by atoms with Crippen LogP contribution in [-0.4, -0.2) is 10.9 Å². The first-order chi connectivity index (χ1) is 12.5. The number of anilines is 3. The molecule has 2 aromatic carbocycles. The van der Waals surface area contributed by atoms with Crippen molar-refractivity contribution in [3.05, 3.63) is 83.4 Å². The molecule has 0 bridgehead atoms. The zero-order chi connectivity index (χ0) is 18.7. The summed E-state index contributed by atoms with van der Waals surface area (Å²) in [5.41, 5.74) is 1.83. The number of rotatable bonds is 4. The van der Waals surface area contributed by atoms with Gasteiger partial charge in [-0.3, -0.25) is 4.79 Å². The number of aromatic nitrogens is 1. The van der Waals surface area contributed by atoms with Crippen molar-refractivity contribution in [2.24, 2.45) is 0 Å². The van der Waals surface area contributed by atoms with Crippen LogP contribution in [0.3, 0.4) is 0 Å². The molecule has 0 aliphatic rings. The van der Waals surface area contributed by atoms with Gasteiger partial charge in [0.15, 0.2) is 17.5 Å². The Morgan fingerprint density at radius 3 is 2.38 bits per heavy atom. The molecule has 0 radical (unpaired) electrons. The van der Waals surface area contributed by atoms with Crippen molar-refractivity contribution in [2.75, 3.05) is 10.6 Å². The minimum Gasteiger partial charge on any atom is -0.352 e. The highest BCUT2D eigenvalue weighted by Crippen LogP contribution is 2.23. The van der Waals surface area contributed by atoms with E-state index in [0.29, 0.717) is 11.4 Å². The summed E-state index contributed by atoms with van der Waals surface area (Å²) in [7, 11) is 0. The smallest absolute Gasteiger partial charge is 0.274 e. The van der Waals surface area contributed by atoms with E-state index in [9.17, 15) is 18.0 Å². The van der Waals surface area contributed by atoms with Crippen molar-refractivity contribution in [2.45, 2.75) is 6.92 Å². The summed E-state index contributed by atoms with van der Waals surface area (Å²) in [4.78, 5) is 16.2. The number of aryl methyl sites for hydroxylation is 1. The summed E-state index contributed by atoms with van der Waals surface area (Å²) in [5.74, 6) is -4.55. The number of amides is 1. The van der Waals surface area contributed by atoms with Crippen molar-refractivity contribution in [1.29, 1.82) is 0 Å². The average Bonchev–Trinajstić information content (AvgIpc) is 2.64. The third kappa shape index (κ3) is 3.66. The lowest BCUT2D eigenvalue weighted by molar-refractivity contribution is 0.102. The van der Waals surface area contributed by atoms with E-state index >= 15 is 0 Å². The molecule has 0 saturated carbocycles.